The molecular weight excluding hydrogens is 328 g/mol. The summed E-state index contributed by atoms with van der Waals surface area (Å²) in [4.78, 5) is 18.4. The van der Waals surface area contributed by atoms with Crippen LogP contribution in [0.15, 0.2) is 10.9 Å². The van der Waals surface area contributed by atoms with Gasteiger partial charge in [0.2, 0.25) is 0 Å². The molecule has 2 fully saturated rings. The van der Waals surface area contributed by atoms with Crippen LogP contribution in [0.4, 0.5) is 0 Å². The van der Waals surface area contributed by atoms with Gasteiger partial charge in [0.1, 0.15) is 5.69 Å². The standard InChI is InChI=1S/C17H26N2O4S/c1-2-21-9-10-22-14-3-8-23-17(11-14)4-6-19(7-5-17)16(20)15-12-24-13-18-15/h12-14H,2-11H2,1H3. The van der Waals surface area contributed by atoms with E-state index in [9.17, 15) is 4.79 Å². The summed E-state index contributed by atoms with van der Waals surface area (Å²) in [6, 6.07) is 0. The van der Waals surface area contributed by atoms with Gasteiger partial charge in [0.05, 0.1) is 30.4 Å². The molecule has 1 aromatic rings. The van der Waals surface area contributed by atoms with E-state index < -0.39 is 0 Å². The lowest BCUT2D eigenvalue weighted by Crippen LogP contribution is -2.52. The number of likely N-dealkylation sites (tertiary alicyclic amines) is 1. The Balaban J connectivity index is 1.48. The SMILES string of the molecule is CCOCCOC1CCOC2(CCN(C(=O)c3cscn3)CC2)C1. The molecule has 1 unspecified atom stereocenters. The Morgan fingerprint density at radius 1 is 1.46 bits per heavy atom. The predicted molar refractivity (Wildman–Crippen MR) is 91.4 cm³/mol. The molecule has 0 aromatic carbocycles. The molecule has 2 aliphatic heterocycles. The lowest BCUT2D eigenvalue weighted by atomic mass is 9.83. The number of rotatable bonds is 6. The summed E-state index contributed by atoms with van der Waals surface area (Å²) in [5.74, 6) is 0.0337. The average Bonchev–Trinajstić information content (AvgIpc) is 3.14. The number of amides is 1. The van der Waals surface area contributed by atoms with Crippen LogP contribution in [-0.2, 0) is 14.2 Å². The van der Waals surface area contributed by atoms with E-state index in [1.807, 2.05) is 17.2 Å². The van der Waals surface area contributed by atoms with Gasteiger partial charge in [-0.15, -0.1) is 11.3 Å². The zero-order chi connectivity index (χ0) is 16.8. The molecule has 0 radical (unpaired) electrons. The summed E-state index contributed by atoms with van der Waals surface area (Å²) in [5, 5.41) is 1.81. The maximum atomic E-state index is 12.4. The molecule has 1 spiro atoms. The number of nitrogens with zero attached hydrogens (tertiary/aromatic N) is 2. The van der Waals surface area contributed by atoms with Gasteiger partial charge in [0, 0.05) is 38.1 Å². The zero-order valence-corrected chi connectivity index (χ0v) is 15.1. The first-order chi connectivity index (χ1) is 11.7. The highest BCUT2D eigenvalue weighted by atomic mass is 32.1. The number of thiazole rings is 1. The molecule has 1 aromatic heterocycles. The van der Waals surface area contributed by atoms with Gasteiger partial charge >= 0.3 is 0 Å². The van der Waals surface area contributed by atoms with E-state index in [0.29, 0.717) is 18.9 Å². The van der Waals surface area contributed by atoms with Crippen molar-refractivity contribution in [1.29, 1.82) is 0 Å². The molecule has 3 rings (SSSR count). The Morgan fingerprint density at radius 3 is 3.00 bits per heavy atom. The fourth-order valence-corrected chi connectivity index (χ4v) is 4.01. The van der Waals surface area contributed by atoms with Gasteiger partial charge in [-0.3, -0.25) is 4.79 Å². The molecule has 134 valence electrons. The minimum absolute atomic E-state index is 0.0337. The number of carbonyl (C=O) groups excluding carboxylic acids is 1. The fourth-order valence-electron chi connectivity index (χ4n) is 3.49. The summed E-state index contributed by atoms with van der Waals surface area (Å²) < 4.78 is 17.4. The largest absolute Gasteiger partial charge is 0.379 e. The molecule has 1 amide bonds. The van der Waals surface area contributed by atoms with Gasteiger partial charge in [-0.25, -0.2) is 4.98 Å². The van der Waals surface area contributed by atoms with Crippen molar-refractivity contribution in [3.8, 4) is 0 Å². The summed E-state index contributed by atoms with van der Waals surface area (Å²) >= 11 is 1.45. The highest BCUT2D eigenvalue weighted by molar-refractivity contribution is 7.07. The second kappa shape index (κ2) is 8.38. The Hall–Kier alpha value is -1.02. The highest BCUT2D eigenvalue weighted by Gasteiger charge is 2.41. The van der Waals surface area contributed by atoms with Crippen LogP contribution in [0.1, 0.15) is 43.1 Å². The van der Waals surface area contributed by atoms with Crippen molar-refractivity contribution in [2.75, 3.05) is 39.5 Å². The Morgan fingerprint density at radius 2 is 2.29 bits per heavy atom. The molecule has 24 heavy (non-hydrogen) atoms. The summed E-state index contributed by atoms with van der Waals surface area (Å²) in [6.45, 7) is 6.19. The smallest absolute Gasteiger partial charge is 0.273 e. The first kappa shape index (κ1) is 17.8. The van der Waals surface area contributed by atoms with E-state index in [4.69, 9.17) is 14.2 Å². The molecule has 0 N–H and O–H groups in total. The molecule has 2 saturated heterocycles. The molecule has 3 heterocycles. The molecule has 2 aliphatic rings. The molecule has 0 aliphatic carbocycles. The van der Waals surface area contributed by atoms with Gasteiger partial charge in [-0.1, -0.05) is 0 Å². The summed E-state index contributed by atoms with van der Waals surface area (Å²) in [6.07, 6.45) is 3.83. The van der Waals surface area contributed by atoms with Crippen LogP contribution in [0.5, 0.6) is 0 Å². The number of hydrogen-bond donors (Lipinski definition) is 0. The fraction of sp³-hybridized carbons (Fsp3) is 0.765. The van der Waals surface area contributed by atoms with Crippen molar-refractivity contribution in [3.63, 3.8) is 0 Å². The van der Waals surface area contributed by atoms with Gasteiger partial charge < -0.3 is 19.1 Å². The van der Waals surface area contributed by atoms with Crippen molar-refractivity contribution in [1.82, 2.24) is 9.88 Å². The minimum Gasteiger partial charge on any atom is -0.379 e. The number of carbonyl (C=O) groups is 1. The third kappa shape index (κ3) is 4.33. The van der Waals surface area contributed by atoms with E-state index in [1.165, 1.54) is 11.3 Å². The molecule has 0 saturated carbocycles. The Labute approximate surface area is 147 Å². The van der Waals surface area contributed by atoms with Crippen LogP contribution in [0.2, 0.25) is 0 Å². The summed E-state index contributed by atoms with van der Waals surface area (Å²) in [7, 11) is 0. The van der Waals surface area contributed by atoms with Gasteiger partial charge in [0.15, 0.2) is 0 Å². The van der Waals surface area contributed by atoms with Crippen LogP contribution < -0.4 is 0 Å². The van der Waals surface area contributed by atoms with Crippen LogP contribution in [-0.4, -0.2) is 67.0 Å². The summed E-state index contributed by atoms with van der Waals surface area (Å²) in [5.41, 5.74) is 2.12. The van der Waals surface area contributed by atoms with Crippen molar-refractivity contribution in [2.24, 2.45) is 0 Å². The third-order valence-corrected chi connectivity index (χ3v) is 5.43. The predicted octanol–water partition coefficient (Wildman–Crippen LogP) is 2.35. The number of ether oxygens (including phenoxy) is 3. The molecule has 6 nitrogen and oxygen atoms in total. The Bertz CT molecular complexity index is 515. The van der Waals surface area contributed by atoms with E-state index in [-0.39, 0.29) is 17.6 Å². The zero-order valence-electron chi connectivity index (χ0n) is 14.2. The maximum absolute atomic E-state index is 12.4. The number of hydrogen-bond acceptors (Lipinski definition) is 6. The van der Waals surface area contributed by atoms with Crippen molar-refractivity contribution >= 4 is 17.2 Å². The van der Waals surface area contributed by atoms with Crippen molar-refractivity contribution in [2.45, 2.75) is 44.3 Å². The lowest BCUT2D eigenvalue weighted by molar-refractivity contribution is -0.155. The average molecular weight is 354 g/mol. The van der Waals surface area contributed by atoms with E-state index in [1.54, 1.807) is 5.51 Å². The monoisotopic (exact) mass is 354 g/mol. The first-order valence-corrected chi connectivity index (χ1v) is 9.67. The second-order valence-electron chi connectivity index (χ2n) is 6.38. The molecule has 7 heteroatoms. The Kier molecular flexibility index (Phi) is 6.21. The van der Waals surface area contributed by atoms with Crippen LogP contribution in [0, 0.1) is 0 Å². The molecule has 1 atom stereocenters. The van der Waals surface area contributed by atoms with Crippen LogP contribution in [0.3, 0.4) is 0 Å². The maximum Gasteiger partial charge on any atom is 0.273 e. The van der Waals surface area contributed by atoms with E-state index in [2.05, 4.69) is 4.98 Å². The van der Waals surface area contributed by atoms with Crippen LogP contribution >= 0.6 is 11.3 Å². The number of aromatic nitrogens is 1. The first-order valence-electron chi connectivity index (χ1n) is 8.73. The quantitative estimate of drug-likeness (QED) is 0.734. The minimum atomic E-state index is -0.132. The van der Waals surface area contributed by atoms with Gasteiger partial charge in [0.25, 0.3) is 5.91 Å². The van der Waals surface area contributed by atoms with Crippen molar-refractivity contribution in [3.05, 3.63) is 16.6 Å². The van der Waals surface area contributed by atoms with Gasteiger partial charge in [-0.2, -0.15) is 0 Å². The second-order valence-corrected chi connectivity index (χ2v) is 7.10. The number of piperidine rings is 1. The topological polar surface area (TPSA) is 60.9 Å². The molecular formula is C17H26N2O4S. The molecule has 0 bridgehead atoms. The highest BCUT2D eigenvalue weighted by Crippen LogP contribution is 2.36. The van der Waals surface area contributed by atoms with Crippen molar-refractivity contribution < 1.29 is 19.0 Å². The third-order valence-electron chi connectivity index (χ3n) is 4.85. The van der Waals surface area contributed by atoms with E-state index in [0.717, 1.165) is 52.0 Å². The normalized spacial score (nSPS) is 23.5. The lowest BCUT2D eigenvalue weighted by Gasteiger charge is -2.46. The van der Waals surface area contributed by atoms with E-state index >= 15 is 0 Å². The van der Waals surface area contributed by atoms with Gasteiger partial charge in [-0.05, 0) is 26.2 Å². The van der Waals surface area contributed by atoms with Crippen LogP contribution in [0.25, 0.3) is 0 Å².